The van der Waals surface area contributed by atoms with Gasteiger partial charge in [0, 0.05) is 5.56 Å². The fourth-order valence-corrected chi connectivity index (χ4v) is 2.60. The van der Waals surface area contributed by atoms with Crippen LogP contribution in [-0.2, 0) is 0 Å². The first kappa shape index (κ1) is 17.7. The summed E-state index contributed by atoms with van der Waals surface area (Å²) >= 11 is 0. The summed E-state index contributed by atoms with van der Waals surface area (Å²) in [5, 5.41) is 3.90. The Bertz CT molecular complexity index is 845. The first-order valence-corrected chi connectivity index (χ1v) is 7.73. The summed E-state index contributed by atoms with van der Waals surface area (Å²) in [6.07, 6.45) is 1.43. The standard InChI is InChI=1S/C18H16F2N2O4/c1-10-5-12(6-11(2)16(10)26-18(19)20)8-21-22-17(23)13-3-4-14-15(7-13)25-9-24-14/h3-8,18H,9H2,1-2H3,(H,22,23)/b21-8-. The minimum atomic E-state index is -2.88. The molecule has 1 heterocycles. The van der Waals surface area contributed by atoms with Gasteiger partial charge in [-0.05, 0) is 60.9 Å². The van der Waals surface area contributed by atoms with Crippen molar-refractivity contribution in [1.29, 1.82) is 0 Å². The summed E-state index contributed by atoms with van der Waals surface area (Å²) in [5.74, 6) is 0.816. The first-order valence-electron chi connectivity index (χ1n) is 7.73. The van der Waals surface area contributed by atoms with Gasteiger partial charge in [0.2, 0.25) is 6.79 Å². The van der Waals surface area contributed by atoms with E-state index in [1.165, 1.54) is 6.21 Å². The molecule has 1 aliphatic heterocycles. The van der Waals surface area contributed by atoms with Crippen LogP contribution in [0.5, 0.6) is 17.2 Å². The average Bonchev–Trinajstić information content (AvgIpc) is 3.05. The Hall–Kier alpha value is -3.16. The third kappa shape index (κ3) is 3.90. The molecule has 0 aromatic heterocycles. The molecule has 2 aromatic carbocycles. The Kier molecular flexibility index (Phi) is 5.01. The summed E-state index contributed by atoms with van der Waals surface area (Å²) in [4.78, 5) is 12.1. The first-order chi connectivity index (χ1) is 12.4. The highest BCUT2D eigenvalue weighted by Gasteiger charge is 2.16. The maximum absolute atomic E-state index is 12.4. The summed E-state index contributed by atoms with van der Waals surface area (Å²) in [6.45, 7) is 0.566. The number of rotatable bonds is 5. The molecular formula is C18H16F2N2O4. The second kappa shape index (κ2) is 7.38. The molecule has 0 unspecified atom stereocenters. The number of hydrazone groups is 1. The number of carbonyl (C=O) groups is 1. The smallest absolute Gasteiger partial charge is 0.387 e. The van der Waals surface area contributed by atoms with Crippen LogP contribution >= 0.6 is 0 Å². The largest absolute Gasteiger partial charge is 0.454 e. The monoisotopic (exact) mass is 362 g/mol. The SMILES string of the molecule is Cc1cc(/C=N\NC(=O)c2ccc3c(c2)OCO3)cc(C)c1OC(F)F. The zero-order chi connectivity index (χ0) is 18.7. The number of ether oxygens (including phenoxy) is 3. The lowest BCUT2D eigenvalue weighted by atomic mass is 10.1. The van der Waals surface area contributed by atoms with Crippen molar-refractivity contribution in [1.82, 2.24) is 5.43 Å². The van der Waals surface area contributed by atoms with Gasteiger partial charge >= 0.3 is 6.61 Å². The molecule has 0 spiro atoms. The van der Waals surface area contributed by atoms with Crippen LogP contribution in [0.4, 0.5) is 8.78 Å². The van der Waals surface area contributed by atoms with Crippen molar-refractivity contribution in [2.75, 3.05) is 6.79 Å². The van der Waals surface area contributed by atoms with Crippen LogP contribution in [0, 0.1) is 13.8 Å². The number of hydrogen-bond donors (Lipinski definition) is 1. The topological polar surface area (TPSA) is 69.2 Å². The van der Waals surface area contributed by atoms with Crippen LogP contribution in [-0.4, -0.2) is 25.5 Å². The highest BCUT2D eigenvalue weighted by atomic mass is 19.3. The molecule has 1 amide bonds. The minimum Gasteiger partial charge on any atom is -0.454 e. The number of alkyl halides is 2. The summed E-state index contributed by atoms with van der Waals surface area (Å²) in [7, 11) is 0. The number of carbonyl (C=O) groups excluding carboxylic acids is 1. The highest BCUT2D eigenvalue weighted by molar-refractivity contribution is 5.95. The van der Waals surface area contributed by atoms with E-state index < -0.39 is 12.5 Å². The zero-order valence-corrected chi connectivity index (χ0v) is 14.1. The van der Waals surface area contributed by atoms with Crippen molar-refractivity contribution in [2.24, 2.45) is 5.10 Å². The van der Waals surface area contributed by atoms with Crippen LogP contribution in [0.1, 0.15) is 27.0 Å². The number of aryl methyl sites for hydroxylation is 2. The second-order valence-corrected chi connectivity index (χ2v) is 5.63. The molecule has 0 aliphatic carbocycles. The van der Waals surface area contributed by atoms with Gasteiger partial charge < -0.3 is 14.2 Å². The number of fused-ring (bicyclic) bond motifs is 1. The number of benzene rings is 2. The molecule has 136 valence electrons. The van der Waals surface area contributed by atoms with Gasteiger partial charge in [-0.15, -0.1) is 0 Å². The zero-order valence-electron chi connectivity index (χ0n) is 14.1. The molecule has 26 heavy (non-hydrogen) atoms. The second-order valence-electron chi connectivity index (χ2n) is 5.63. The Morgan fingerprint density at radius 3 is 2.58 bits per heavy atom. The molecule has 0 bridgehead atoms. The molecule has 0 fully saturated rings. The Balaban J connectivity index is 1.67. The van der Waals surface area contributed by atoms with Crippen molar-refractivity contribution in [2.45, 2.75) is 20.5 Å². The van der Waals surface area contributed by atoms with E-state index in [2.05, 4.69) is 15.3 Å². The Morgan fingerprint density at radius 1 is 1.19 bits per heavy atom. The summed E-state index contributed by atoms with van der Waals surface area (Å²) in [6, 6.07) is 8.10. The van der Waals surface area contributed by atoms with Crippen LogP contribution in [0.25, 0.3) is 0 Å². The third-order valence-electron chi connectivity index (χ3n) is 3.70. The number of hydrogen-bond acceptors (Lipinski definition) is 5. The molecule has 0 radical (unpaired) electrons. The molecule has 1 aliphatic rings. The highest BCUT2D eigenvalue weighted by Crippen LogP contribution is 2.32. The molecule has 1 N–H and O–H groups in total. The van der Waals surface area contributed by atoms with Gasteiger partial charge in [0.25, 0.3) is 5.91 Å². The van der Waals surface area contributed by atoms with E-state index in [9.17, 15) is 13.6 Å². The Morgan fingerprint density at radius 2 is 1.88 bits per heavy atom. The quantitative estimate of drug-likeness (QED) is 0.654. The predicted molar refractivity (Wildman–Crippen MR) is 90.2 cm³/mol. The lowest BCUT2D eigenvalue weighted by Crippen LogP contribution is -2.17. The van der Waals surface area contributed by atoms with E-state index >= 15 is 0 Å². The van der Waals surface area contributed by atoms with Gasteiger partial charge in [-0.2, -0.15) is 13.9 Å². The van der Waals surface area contributed by atoms with Crippen molar-refractivity contribution < 1.29 is 27.8 Å². The molecule has 0 atom stereocenters. The Labute approximate surface area is 148 Å². The fourth-order valence-electron chi connectivity index (χ4n) is 2.60. The van der Waals surface area contributed by atoms with Crippen LogP contribution in [0.2, 0.25) is 0 Å². The van der Waals surface area contributed by atoms with E-state index in [0.29, 0.717) is 33.8 Å². The molecule has 0 saturated carbocycles. The number of halogens is 2. The van der Waals surface area contributed by atoms with E-state index in [4.69, 9.17) is 9.47 Å². The van der Waals surface area contributed by atoms with Crippen LogP contribution in [0.3, 0.4) is 0 Å². The molecule has 8 heteroatoms. The summed E-state index contributed by atoms with van der Waals surface area (Å²) in [5.41, 5.74) is 4.53. The van der Waals surface area contributed by atoms with E-state index in [1.54, 1.807) is 44.2 Å². The maximum Gasteiger partial charge on any atom is 0.387 e. The number of nitrogens with one attached hydrogen (secondary N) is 1. The minimum absolute atomic E-state index is 0.128. The molecule has 0 saturated heterocycles. The van der Waals surface area contributed by atoms with Crippen molar-refractivity contribution in [3.05, 3.63) is 52.6 Å². The van der Waals surface area contributed by atoms with Crippen molar-refractivity contribution in [3.8, 4) is 17.2 Å². The summed E-state index contributed by atoms with van der Waals surface area (Å²) < 4.78 is 39.7. The number of nitrogens with zero attached hydrogens (tertiary/aromatic N) is 1. The van der Waals surface area contributed by atoms with Crippen molar-refractivity contribution in [3.63, 3.8) is 0 Å². The van der Waals surface area contributed by atoms with Gasteiger partial charge in [0.1, 0.15) is 5.75 Å². The van der Waals surface area contributed by atoms with Gasteiger partial charge in [0.05, 0.1) is 6.21 Å². The number of amides is 1. The molecule has 6 nitrogen and oxygen atoms in total. The van der Waals surface area contributed by atoms with Crippen LogP contribution < -0.4 is 19.6 Å². The van der Waals surface area contributed by atoms with Gasteiger partial charge in [-0.25, -0.2) is 5.43 Å². The van der Waals surface area contributed by atoms with Gasteiger partial charge in [0.15, 0.2) is 11.5 Å². The lowest BCUT2D eigenvalue weighted by molar-refractivity contribution is -0.0507. The average molecular weight is 362 g/mol. The van der Waals surface area contributed by atoms with Gasteiger partial charge in [-0.1, -0.05) is 0 Å². The predicted octanol–water partition coefficient (Wildman–Crippen LogP) is 3.40. The van der Waals surface area contributed by atoms with E-state index in [1.807, 2.05) is 0 Å². The van der Waals surface area contributed by atoms with E-state index in [-0.39, 0.29) is 12.5 Å². The van der Waals surface area contributed by atoms with Crippen molar-refractivity contribution >= 4 is 12.1 Å². The lowest BCUT2D eigenvalue weighted by Gasteiger charge is -2.11. The fraction of sp³-hybridized carbons (Fsp3) is 0.222. The molecule has 2 aromatic rings. The normalized spacial score (nSPS) is 12.7. The molecular weight excluding hydrogens is 346 g/mol. The molecule has 3 rings (SSSR count). The van der Waals surface area contributed by atoms with E-state index in [0.717, 1.165) is 0 Å². The maximum atomic E-state index is 12.4. The van der Waals surface area contributed by atoms with Gasteiger partial charge in [-0.3, -0.25) is 4.79 Å². The van der Waals surface area contributed by atoms with Crippen LogP contribution in [0.15, 0.2) is 35.4 Å². The third-order valence-corrected chi connectivity index (χ3v) is 3.70.